The molecule has 6 heterocycles. The fraction of sp³-hybridized carbons (Fsp3) is 0.500. The monoisotopic (exact) mass is 2040 g/mol. The Morgan fingerprint density at radius 1 is 0.521 bits per heavy atom. The van der Waals surface area contributed by atoms with E-state index in [9.17, 15) is 67.3 Å². The highest BCUT2D eigenvalue weighted by atomic mass is 32.1. The summed E-state index contributed by atoms with van der Waals surface area (Å²) in [6.07, 6.45) is 3.78. The van der Waals surface area contributed by atoms with Gasteiger partial charge in [-0.1, -0.05) is 90.1 Å². The second kappa shape index (κ2) is 45.8. The van der Waals surface area contributed by atoms with Gasteiger partial charge >= 0.3 is 51.2 Å². The van der Waals surface area contributed by atoms with Crippen molar-refractivity contribution in [2.75, 3.05) is 49.6 Å². The minimum absolute atomic E-state index is 0.0389. The maximum atomic E-state index is 14.8. The van der Waals surface area contributed by atoms with E-state index in [-0.39, 0.29) is 99.3 Å². The topological polar surface area (TPSA) is 489 Å². The minimum Gasteiger partial charge on any atom is -0.488 e. The quantitative estimate of drug-likeness (QED) is 0.00742. The second-order valence-electron chi connectivity index (χ2n) is 38.9. The lowest BCUT2D eigenvalue weighted by molar-refractivity contribution is -0.151. The standard InChI is InChI=1S/C50H64N7O12PS.C50H63N6O13PS/c1-9-31-25-50(31,46(61)62)55-43(58)40-23-35(26-57(40)44(59)42(49(6,7)8)54-48(63)68-32-16-14-15-17-32)67-41-24-38(39-27-71-47(53-39)51-29(3)4)52-37-22-34(20-21-36(37)41)66-28-70(64,56-30(5)45(60)65-10-2)69-33-18-12-11-13-19-33;1-9-31-25-50(31,46(60)61)55-43(57)40-23-35(26-56(40)44(58)42(49(6,7)8)54-48(62)67-32-16-14-15-17-32)66-41-24-38(39-27-71-47(53-39)51-29(3)4)52-37-22-34(20-21-36(37)41)65-28-70(63,68-30(5)45(59)64-10-2)69-33-18-12-11-13-19-33/h9,11-13,18-22,24,27,29-32,35,40,42H,1,10,14-17,23,25-26,28H2,2-8H3,(H,51,53)(H,54,63)(H,55,58)(H,56,64)(H,61,62);9,11-13,18-22,24,27,29-32,35,40,42H,1,10,14-17,23,25-26,28H2,2-8H3,(H,51,53)(H,54,62)(H,55,57)(H,60,61)/t2*30-,31+,35+,40-,42+,50+,70?/m00/s1. The van der Waals surface area contributed by atoms with Crippen LogP contribution in [0.25, 0.3) is 44.6 Å². The number of alkyl carbamates (subject to hydrolysis) is 2. The largest absolute Gasteiger partial charge is 0.488 e. The number of carbonyl (C=O) groups is 10. The molecular weight excluding hydrogens is 1910 g/mol. The van der Waals surface area contributed by atoms with Gasteiger partial charge in [-0.25, -0.2) is 53.6 Å². The van der Waals surface area contributed by atoms with Gasteiger partial charge in [0, 0.05) is 82.6 Å². The summed E-state index contributed by atoms with van der Waals surface area (Å²) in [5, 5.41) is 46.9. The first-order valence-electron chi connectivity index (χ1n) is 47.7. The molecule has 0 spiro atoms. The number of amides is 6. The average molecular weight is 2040 g/mol. The fourth-order valence-electron chi connectivity index (χ4n) is 17.3. The second-order valence-corrected chi connectivity index (χ2v) is 44.5. The van der Waals surface area contributed by atoms with Crippen molar-refractivity contribution >= 4 is 130 Å². The highest BCUT2D eigenvalue weighted by Crippen LogP contribution is 2.52. The number of nitrogens with zero attached hydrogens (tertiary/aromatic N) is 6. The highest BCUT2D eigenvalue weighted by molar-refractivity contribution is 7.57. The lowest BCUT2D eigenvalue weighted by Crippen LogP contribution is -2.59. The summed E-state index contributed by atoms with van der Waals surface area (Å²) in [7, 11) is -8.14. The molecule has 764 valence electrons. The SMILES string of the molecule is C=C[C@@H]1C[C@]1(NC(=O)[C@@H]1C[C@@H](Oc2cc(-c3csc(NC(C)C)n3)nc3cc(OCP(=O)(N[C@@H](C)C(=O)OCC)Oc4ccccc4)ccc23)CN1C(=O)[C@@H](NC(=O)OC1CCCC1)C(C)(C)C)C(=O)O.C=C[C@@H]1C[C@]1(NC(=O)[C@@H]1C[C@@H](Oc2cc(-c3csc(NC(C)C)n3)nc3cc(OCP(=O)(Oc4ccccc4)O[C@@H](C)C(=O)OCC)ccc23)CN1C(=O)[C@@H](NC(=O)OC1CCCC1)C(C)(C)C)C(=O)O. The van der Waals surface area contributed by atoms with E-state index in [1.165, 1.54) is 58.5 Å². The fourth-order valence-corrected chi connectivity index (χ4v) is 22.2. The number of benzene rings is 4. The molecular formula is C100H127N13O25P2S2. The number of likely N-dealkylation sites (tertiary alicyclic amines) is 2. The molecule has 4 aromatic carbocycles. The summed E-state index contributed by atoms with van der Waals surface area (Å²) in [5.74, 6) is -5.72. The molecule has 2 aliphatic heterocycles. The molecule has 2 saturated heterocycles. The van der Waals surface area contributed by atoms with Gasteiger partial charge in [0.2, 0.25) is 30.0 Å². The van der Waals surface area contributed by atoms with Crippen LogP contribution >= 0.6 is 37.8 Å². The number of ether oxygens (including phenoxy) is 8. The average Bonchev–Trinajstić information content (AvgIpc) is 1.58. The van der Waals surface area contributed by atoms with Gasteiger partial charge in [-0.2, -0.15) is 0 Å². The van der Waals surface area contributed by atoms with Gasteiger partial charge in [-0.3, -0.25) is 33.1 Å². The van der Waals surface area contributed by atoms with Crippen LogP contribution in [0, 0.1) is 22.7 Å². The number of esters is 2. The van der Waals surface area contributed by atoms with E-state index < -0.39 is 170 Å². The highest BCUT2D eigenvalue weighted by Gasteiger charge is 2.63. The Labute approximate surface area is 832 Å². The van der Waals surface area contributed by atoms with Gasteiger partial charge in [-0.05, 0) is 179 Å². The van der Waals surface area contributed by atoms with Crippen molar-refractivity contribution in [3.8, 4) is 57.3 Å². The number of para-hydroxylation sites is 2. The zero-order valence-electron chi connectivity index (χ0n) is 82.1. The summed E-state index contributed by atoms with van der Waals surface area (Å²) in [4.78, 5) is 157. The molecule has 4 aromatic heterocycles. The molecule has 42 heteroatoms. The van der Waals surface area contributed by atoms with E-state index >= 15 is 0 Å². The molecule has 0 radical (unpaired) electrons. The smallest absolute Gasteiger partial charge is 0.417 e. The summed E-state index contributed by atoms with van der Waals surface area (Å²) < 4.78 is 93.6. The van der Waals surface area contributed by atoms with E-state index in [0.29, 0.717) is 66.3 Å². The van der Waals surface area contributed by atoms with Crippen molar-refractivity contribution in [1.82, 2.24) is 56.1 Å². The van der Waals surface area contributed by atoms with E-state index in [2.05, 4.69) is 50.1 Å². The Bertz CT molecular complexity index is 5670. The number of aromatic nitrogens is 4. The Morgan fingerprint density at radius 3 is 1.32 bits per heavy atom. The van der Waals surface area contributed by atoms with Crippen LogP contribution in [-0.2, 0) is 71.0 Å². The predicted molar refractivity (Wildman–Crippen MR) is 533 cm³/mol. The molecule has 6 amide bonds. The number of aliphatic carboxylic acids is 2. The van der Waals surface area contributed by atoms with Gasteiger partial charge in [-0.15, -0.1) is 35.8 Å². The minimum atomic E-state index is -4.19. The van der Waals surface area contributed by atoms with E-state index in [4.69, 9.17) is 71.4 Å². The molecule has 0 bridgehead atoms. The molecule has 38 nitrogen and oxygen atoms in total. The number of carbonyl (C=O) groups excluding carboxylic acids is 8. The van der Waals surface area contributed by atoms with E-state index in [1.807, 2.05) is 38.5 Å². The van der Waals surface area contributed by atoms with Crippen LogP contribution in [0.2, 0.25) is 0 Å². The number of carboxylic acids is 2. The van der Waals surface area contributed by atoms with E-state index in [0.717, 1.165) is 51.4 Å². The van der Waals surface area contributed by atoms with Crippen LogP contribution in [0.4, 0.5) is 19.9 Å². The van der Waals surface area contributed by atoms with Gasteiger partial charge in [0.25, 0.3) is 0 Å². The van der Waals surface area contributed by atoms with Crippen molar-refractivity contribution in [2.24, 2.45) is 22.7 Å². The molecule has 6 fully saturated rings. The molecule has 9 N–H and O–H groups in total. The van der Waals surface area contributed by atoms with Crippen molar-refractivity contribution < 1.29 is 119 Å². The molecule has 2 unspecified atom stereocenters. The first kappa shape index (κ1) is 107. The third-order valence-electron chi connectivity index (χ3n) is 24.8. The van der Waals surface area contributed by atoms with Crippen LogP contribution in [0.15, 0.2) is 145 Å². The van der Waals surface area contributed by atoms with Crippen LogP contribution < -0.4 is 65.0 Å². The molecule has 14 atom stereocenters. The lowest BCUT2D eigenvalue weighted by Gasteiger charge is -2.35. The Kier molecular flexibility index (Phi) is 34.5. The third kappa shape index (κ3) is 26.9. The van der Waals surface area contributed by atoms with Gasteiger partial charge in [0.1, 0.15) is 112 Å². The number of nitrogens with one attached hydrogen (secondary N) is 7. The lowest BCUT2D eigenvalue weighted by atomic mass is 9.85. The van der Waals surface area contributed by atoms with Crippen LogP contribution in [0.1, 0.15) is 174 Å². The molecule has 8 aromatic rings. The van der Waals surface area contributed by atoms with Crippen molar-refractivity contribution in [3.05, 3.63) is 145 Å². The molecule has 6 aliphatic rings. The Balaban J connectivity index is 0.000000239. The summed E-state index contributed by atoms with van der Waals surface area (Å²) in [6, 6.07) is 24.6. The maximum Gasteiger partial charge on any atom is 0.417 e. The number of thiazole rings is 2. The predicted octanol–water partition coefficient (Wildman–Crippen LogP) is 16.2. The molecule has 142 heavy (non-hydrogen) atoms. The summed E-state index contributed by atoms with van der Waals surface area (Å²) in [5.41, 5.74) is -2.23. The van der Waals surface area contributed by atoms with Crippen molar-refractivity contribution in [1.29, 1.82) is 0 Å². The number of pyridine rings is 2. The Hall–Kier alpha value is -12.5. The van der Waals surface area contributed by atoms with Crippen LogP contribution in [-0.4, -0.2) is 223 Å². The molecule has 4 saturated carbocycles. The normalized spacial score (nSPS) is 21.6. The summed E-state index contributed by atoms with van der Waals surface area (Å²) in [6.45, 7) is 32.4. The zero-order valence-corrected chi connectivity index (χ0v) is 85.5. The zero-order chi connectivity index (χ0) is 103. The van der Waals surface area contributed by atoms with Gasteiger partial charge in [0.05, 0.1) is 48.7 Å². The third-order valence-corrected chi connectivity index (χ3v) is 29.7. The van der Waals surface area contributed by atoms with Gasteiger partial charge in [0.15, 0.2) is 22.7 Å². The first-order chi connectivity index (χ1) is 67.4. The number of hydrogen-bond acceptors (Lipinski definition) is 31. The number of fused-ring (bicyclic) bond motifs is 2. The van der Waals surface area contributed by atoms with Crippen molar-refractivity contribution in [3.63, 3.8) is 0 Å². The molecule has 14 rings (SSSR count). The summed E-state index contributed by atoms with van der Waals surface area (Å²) >= 11 is 2.77. The first-order valence-corrected chi connectivity index (χ1v) is 53.0. The van der Waals surface area contributed by atoms with Gasteiger partial charge < -0.3 is 98.9 Å². The Morgan fingerprint density at radius 2 is 0.930 bits per heavy atom. The van der Waals surface area contributed by atoms with Crippen LogP contribution in [0.5, 0.6) is 34.5 Å². The maximum absolute atomic E-state index is 14.8. The number of rotatable bonds is 42. The number of carboxylic acid groups (broad SMARTS) is 2. The number of hydrogen-bond donors (Lipinski definition) is 9. The van der Waals surface area contributed by atoms with E-state index in [1.54, 1.807) is 165 Å². The molecule has 4 aliphatic carbocycles. The number of anilines is 2. The van der Waals surface area contributed by atoms with Crippen LogP contribution in [0.3, 0.4) is 0 Å². The van der Waals surface area contributed by atoms with Crippen molar-refractivity contribution in [2.45, 2.75) is 258 Å².